The van der Waals surface area contributed by atoms with Gasteiger partial charge in [-0.1, -0.05) is 6.07 Å². The van der Waals surface area contributed by atoms with Crippen molar-refractivity contribution >= 4 is 26.4 Å². The molecule has 0 saturated carbocycles. The minimum Gasteiger partial charge on any atom is -0.504 e. The summed E-state index contributed by atoms with van der Waals surface area (Å²) < 4.78 is 0.904. The van der Waals surface area contributed by atoms with Gasteiger partial charge >= 0.3 is 0 Å². The number of thiophene rings is 1. The molecule has 68 valence electrons. The van der Waals surface area contributed by atoms with E-state index in [1.54, 1.807) is 12.1 Å². The summed E-state index contributed by atoms with van der Waals surface area (Å²) in [6.45, 7) is 0.00844. The second-order valence-corrected chi connectivity index (χ2v) is 3.89. The summed E-state index contributed by atoms with van der Waals surface area (Å²) in [6, 6.07) is 5.37. The lowest BCUT2D eigenvalue weighted by Gasteiger charge is -1.95. The molecule has 0 aliphatic carbocycles. The zero-order valence-corrected chi connectivity index (χ0v) is 7.64. The highest BCUT2D eigenvalue weighted by molar-refractivity contribution is 7.23. The first-order valence-corrected chi connectivity index (χ1v) is 4.64. The molecule has 2 aromatic rings. The van der Waals surface area contributed by atoms with Crippen LogP contribution in [0.3, 0.4) is 0 Å². The summed E-state index contributed by atoms with van der Waals surface area (Å²) >= 11 is 1.32. The van der Waals surface area contributed by atoms with Crippen molar-refractivity contribution in [3.8, 4) is 5.75 Å². The second kappa shape index (κ2) is 2.90. The van der Waals surface area contributed by atoms with Crippen molar-refractivity contribution in [3.05, 3.63) is 23.8 Å². The van der Waals surface area contributed by atoms with E-state index in [1.807, 2.05) is 6.07 Å². The number of nitrogen functional groups attached to an aromatic ring is 1. The molecule has 0 spiro atoms. The van der Waals surface area contributed by atoms with Gasteiger partial charge in [-0.3, -0.25) is 0 Å². The zero-order chi connectivity index (χ0) is 9.42. The topological polar surface area (TPSA) is 66.5 Å². The van der Waals surface area contributed by atoms with Crippen molar-refractivity contribution in [2.24, 2.45) is 0 Å². The van der Waals surface area contributed by atoms with Gasteiger partial charge in [-0.05, 0) is 17.7 Å². The summed E-state index contributed by atoms with van der Waals surface area (Å²) in [4.78, 5) is 0. The van der Waals surface area contributed by atoms with Crippen LogP contribution in [0.4, 0.5) is 5.00 Å². The van der Waals surface area contributed by atoms with E-state index in [4.69, 9.17) is 10.8 Å². The van der Waals surface area contributed by atoms with Crippen LogP contribution in [-0.4, -0.2) is 10.2 Å². The summed E-state index contributed by atoms with van der Waals surface area (Å²) in [5.74, 6) is 0.143. The molecule has 0 aliphatic heterocycles. The van der Waals surface area contributed by atoms with E-state index < -0.39 is 0 Å². The molecular formula is C9H9NO2S. The van der Waals surface area contributed by atoms with Crippen LogP contribution >= 0.6 is 11.3 Å². The standard InChI is InChI=1S/C9H9NO2S/c10-9-8(12)6-2-1-5(4-11)3-7(6)13-9/h1-3,11-12H,4,10H2. The number of aromatic hydroxyl groups is 1. The van der Waals surface area contributed by atoms with Gasteiger partial charge in [0, 0.05) is 10.1 Å². The average Bonchev–Trinajstić information content (AvgIpc) is 2.42. The highest BCUT2D eigenvalue weighted by Gasteiger charge is 2.07. The molecule has 1 heterocycles. The number of aliphatic hydroxyl groups excluding tert-OH is 1. The molecule has 13 heavy (non-hydrogen) atoms. The van der Waals surface area contributed by atoms with E-state index in [0.29, 0.717) is 5.00 Å². The van der Waals surface area contributed by atoms with Crippen LogP contribution in [0.1, 0.15) is 5.56 Å². The van der Waals surface area contributed by atoms with Crippen LogP contribution in [0, 0.1) is 0 Å². The molecule has 3 nitrogen and oxygen atoms in total. The Hall–Kier alpha value is -1.26. The molecule has 0 amide bonds. The lowest BCUT2D eigenvalue weighted by Crippen LogP contribution is -1.79. The molecule has 1 aromatic carbocycles. The highest BCUT2D eigenvalue weighted by atomic mass is 32.1. The van der Waals surface area contributed by atoms with Gasteiger partial charge in [0.25, 0.3) is 0 Å². The van der Waals surface area contributed by atoms with Crippen LogP contribution in [0.25, 0.3) is 10.1 Å². The quantitative estimate of drug-likeness (QED) is 0.648. The first-order valence-electron chi connectivity index (χ1n) is 3.83. The maximum Gasteiger partial charge on any atom is 0.157 e. The Labute approximate surface area is 79.0 Å². The maximum atomic E-state index is 9.48. The predicted octanol–water partition coefficient (Wildman–Crippen LogP) is 1.68. The van der Waals surface area contributed by atoms with E-state index in [0.717, 1.165) is 15.6 Å². The Morgan fingerprint density at radius 2 is 2.15 bits per heavy atom. The monoisotopic (exact) mass is 195 g/mol. The number of benzene rings is 1. The Morgan fingerprint density at radius 1 is 1.38 bits per heavy atom. The van der Waals surface area contributed by atoms with Gasteiger partial charge < -0.3 is 15.9 Å². The SMILES string of the molecule is Nc1sc2cc(CO)ccc2c1O. The largest absolute Gasteiger partial charge is 0.504 e. The number of nitrogens with two attached hydrogens (primary N) is 1. The van der Waals surface area contributed by atoms with Crippen LogP contribution in [0.5, 0.6) is 5.75 Å². The van der Waals surface area contributed by atoms with Crippen LogP contribution in [-0.2, 0) is 6.61 Å². The number of hydrogen-bond acceptors (Lipinski definition) is 4. The molecular weight excluding hydrogens is 186 g/mol. The molecule has 0 atom stereocenters. The van der Waals surface area contributed by atoms with Crippen molar-refractivity contribution in [2.75, 3.05) is 5.73 Å². The van der Waals surface area contributed by atoms with Crippen LogP contribution in [0.15, 0.2) is 18.2 Å². The van der Waals surface area contributed by atoms with Gasteiger partial charge in [-0.15, -0.1) is 11.3 Å². The molecule has 4 N–H and O–H groups in total. The van der Waals surface area contributed by atoms with Gasteiger partial charge in [0.15, 0.2) is 5.75 Å². The Morgan fingerprint density at radius 3 is 2.85 bits per heavy atom. The smallest absolute Gasteiger partial charge is 0.157 e. The van der Waals surface area contributed by atoms with Crippen molar-refractivity contribution in [1.82, 2.24) is 0 Å². The van der Waals surface area contributed by atoms with E-state index in [-0.39, 0.29) is 12.4 Å². The lowest BCUT2D eigenvalue weighted by molar-refractivity contribution is 0.282. The molecule has 0 saturated heterocycles. The van der Waals surface area contributed by atoms with Crippen molar-refractivity contribution < 1.29 is 10.2 Å². The van der Waals surface area contributed by atoms with Crippen LogP contribution in [0.2, 0.25) is 0 Å². The van der Waals surface area contributed by atoms with E-state index in [2.05, 4.69) is 0 Å². The third kappa shape index (κ3) is 1.24. The van der Waals surface area contributed by atoms with Crippen LogP contribution < -0.4 is 5.73 Å². The number of rotatable bonds is 1. The van der Waals surface area contributed by atoms with Gasteiger partial charge in [0.2, 0.25) is 0 Å². The summed E-state index contributed by atoms with van der Waals surface area (Å²) in [5, 5.41) is 19.5. The van der Waals surface area contributed by atoms with E-state index in [9.17, 15) is 5.11 Å². The van der Waals surface area contributed by atoms with E-state index >= 15 is 0 Å². The minimum atomic E-state index is 0.00844. The maximum absolute atomic E-state index is 9.48. The third-order valence-corrected chi connectivity index (χ3v) is 2.91. The normalized spacial score (nSPS) is 10.8. The zero-order valence-electron chi connectivity index (χ0n) is 6.82. The Bertz CT molecular complexity index is 450. The number of aliphatic hydroxyl groups is 1. The second-order valence-electron chi connectivity index (χ2n) is 2.80. The van der Waals surface area contributed by atoms with Gasteiger partial charge in [-0.2, -0.15) is 0 Å². The fourth-order valence-corrected chi connectivity index (χ4v) is 2.17. The van der Waals surface area contributed by atoms with Gasteiger partial charge in [0.1, 0.15) is 5.00 Å². The third-order valence-electron chi connectivity index (χ3n) is 1.94. The molecule has 1 aromatic heterocycles. The van der Waals surface area contributed by atoms with Crippen molar-refractivity contribution in [1.29, 1.82) is 0 Å². The molecule has 0 radical (unpaired) electrons. The minimum absolute atomic E-state index is 0.00844. The molecule has 0 fully saturated rings. The lowest BCUT2D eigenvalue weighted by atomic mass is 10.2. The van der Waals surface area contributed by atoms with Gasteiger partial charge in [0.05, 0.1) is 6.61 Å². The highest BCUT2D eigenvalue weighted by Crippen LogP contribution is 2.39. The number of hydrogen-bond donors (Lipinski definition) is 3. The van der Waals surface area contributed by atoms with Crippen molar-refractivity contribution in [3.63, 3.8) is 0 Å². The Kier molecular flexibility index (Phi) is 1.86. The average molecular weight is 195 g/mol. The first kappa shape index (κ1) is 8.34. The summed E-state index contributed by atoms with van der Waals surface area (Å²) in [6.07, 6.45) is 0. The fraction of sp³-hybridized carbons (Fsp3) is 0.111. The van der Waals surface area contributed by atoms with Crippen molar-refractivity contribution in [2.45, 2.75) is 6.61 Å². The molecule has 0 unspecified atom stereocenters. The predicted molar refractivity (Wildman–Crippen MR) is 53.8 cm³/mol. The number of fused-ring (bicyclic) bond motifs is 1. The molecule has 4 heteroatoms. The summed E-state index contributed by atoms with van der Waals surface area (Å²) in [5.41, 5.74) is 6.38. The Balaban J connectivity index is 2.73. The van der Waals surface area contributed by atoms with E-state index in [1.165, 1.54) is 11.3 Å². The fourth-order valence-electron chi connectivity index (χ4n) is 1.24. The molecule has 0 aliphatic rings. The summed E-state index contributed by atoms with van der Waals surface area (Å²) in [7, 11) is 0. The van der Waals surface area contributed by atoms with Gasteiger partial charge in [-0.25, -0.2) is 0 Å². The first-order chi connectivity index (χ1) is 6.22. The number of anilines is 1. The molecule has 0 bridgehead atoms. The molecule has 2 rings (SSSR count).